The molecule has 1 aromatic heterocycles. The van der Waals surface area contributed by atoms with E-state index < -0.39 is 0 Å². The van der Waals surface area contributed by atoms with Gasteiger partial charge in [-0.2, -0.15) is 0 Å². The van der Waals surface area contributed by atoms with Crippen molar-refractivity contribution in [3.05, 3.63) is 56.2 Å². The van der Waals surface area contributed by atoms with Crippen LogP contribution in [0.1, 0.15) is 34.0 Å². The maximum atomic E-state index is 6.29. The van der Waals surface area contributed by atoms with Gasteiger partial charge in [-0.25, -0.2) is 0 Å². The van der Waals surface area contributed by atoms with Gasteiger partial charge in [0, 0.05) is 17.3 Å². The highest BCUT2D eigenvalue weighted by Crippen LogP contribution is 2.28. The lowest BCUT2D eigenvalue weighted by Crippen LogP contribution is -2.13. The molecule has 3 rings (SSSR count). The number of rotatable bonds is 3. The van der Waals surface area contributed by atoms with Crippen LogP contribution in [0.2, 0.25) is 4.34 Å². The molecule has 1 heterocycles. The van der Waals surface area contributed by atoms with E-state index in [2.05, 4.69) is 24.3 Å². The zero-order chi connectivity index (χ0) is 12.5. The fourth-order valence-electron chi connectivity index (χ4n) is 2.62. The molecule has 0 radical (unpaired) electrons. The van der Waals surface area contributed by atoms with Gasteiger partial charge in [0.1, 0.15) is 0 Å². The van der Waals surface area contributed by atoms with Gasteiger partial charge in [0.2, 0.25) is 0 Å². The Balaban J connectivity index is 1.78. The molecular weight excluding hydrogens is 262 g/mol. The summed E-state index contributed by atoms with van der Waals surface area (Å²) in [5.74, 6) is 0. The Morgan fingerprint density at radius 3 is 2.78 bits per heavy atom. The van der Waals surface area contributed by atoms with Crippen LogP contribution < -0.4 is 5.73 Å². The zero-order valence-electron chi connectivity index (χ0n) is 10.2. The Hall–Kier alpha value is -0.830. The molecule has 0 bridgehead atoms. The number of nitrogens with two attached hydrogens (primary N) is 1. The van der Waals surface area contributed by atoms with Gasteiger partial charge in [0.15, 0.2) is 0 Å². The summed E-state index contributed by atoms with van der Waals surface area (Å²) in [6.07, 6.45) is 4.59. The van der Waals surface area contributed by atoms with Crippen molar-refractivity contribution in [3.8, 4) is 0 Å². The van der Waals surface area contributed by atoms with E-state index in [1.807, 2.05) is 6.07 Å². The minimum atomic E-state index is 0.0746. The molecule has 18 heavy (non-hydrogen) atoms. The van der Waals surface area contributed by atoms with Crippen LogP contribution in [0, 0.1) is 0 Å². The monoisotopic (exact) mass is 277 g/mol. The number of hydrogen-bond acceptors (Lipinski definition) is 2. The molecule has 1 aliphatic carbocycles. The normalized spacial score (nSPS) is 15.7. The molecule has 0 fully saturated rings. The second kappa shape index (κ2) is 5.04. The van der Waals surface area contributed by atoms with E-state index in [0.717, 1.165) is 10.8 Å². The maximum Gasteiger partial charge on any atom is 0.0931 e. The first-order valence-corrected chi connectivity index (χ1v) is 7.53. The predicted molar refractivity (Wildman–Crippen MR) is 78.4 cm³/mol. The van der Waals surface area contributed by atoms with Crippen molar-refractivity contribution in [2.75, 3.05) is 0 Å². The molecule has 0 aliphatic heterocycles. The average Bonchev–Trinajstić information content (AvgIpc) is 2.96. The molecule has 3 heteroatoms. The minimum Gasteiger partial charge on any atom is -0.324 e. The Bertz CT molecular complexity index is 561. The largest absolute Gasteiger partial charge is 0.324 e. The van der Waals surface area contributed by atoms with Crippen molar-refractivity contribution in [1.29, 1.82) is 0 Å². The summed E-state index contributed by atoms with van der Waals surface area (Å²) in [5, 5.41) is 0. The molecule has 1 aromatic carbocycles. The predicted octanol–water partition coefficient (Wildman–Crippen LogP) is 4.13. The first kappa shape index (κ1) is 12.2. The lowest BCUT2D eigenvalue weighted by atomic mass is 9.99. The van der Waals surface area contributed by atoms with Crippen molar-refractivity contribution in [3.63, 3.8) is 0 Å². The average molecular weight is 278 g/mol. The van der Waals surface area contributed by atoms with Gasteiger partial charge in [-0.15, -0.1) is 11.3 Å². The fourth-order valence-corrected chi connectivity index (χ4v) is 3.76. The Labute approximate surface area is 117 Å². The summed E-state index contributed by atoms with van der Waals surface area (Å²) in [6, 6.07) is 10.8. The summed E-state index contributed by atoms with van der Waals surface area (Å²) in [7, 11) is 0. The summed E-state index contributed by atoms with van der Waals surface area (Å²) < 4.78 is 0.839. The fraction of sp³-hybridized carbons (Fsp3) is 0.333. The molecule has 0 spiro atoms. The van der Waals surface area contributed by atoms with Crippen molar-refractivity contribution in [1.82, 2.24) is 0 Å². The van der Waals surface area contributed by atoms with E-state index in [0.29, 0.717) is 0 Å². The van der Waals surface area contributed by atoms with Crippen molar-refractivity contribution in [2.24, 2.45) is 5.73 Å². The molecular formula is C15H16ClNS. The van der Waals surface area contributed by atoms with Crippen LogP contribution in [0.15, 0.2) is 30.3 Å². The first-order chi connectivity index (χ1) is 8.72. The highest BCUT2D eigenvalue weighted by Gasteiger charge is 2.14. The van der Waals surface area contributed by atoms with Crippen LogP contribution in [0.5, 0.6) is 0 Å². The molecule has 1 nitrogen and oxygen atoms in total. The molecule has 0 saturated heterocycles. The number of hydrogen-bond donors (Lipinski definition) is 1. The molecule has 2 aromatic rings. The molecule has 2 N–H and O–H groups in total. The van der Waals surface area contributed by atoms with E-state index in [4.69, 9.17) is 17.3 Å². The van der Waals surface area contributed by atoms with E-state index in [1.165, 1.54) is 40.8 Å². The van der Waals surface area contributed by atoms with Gasteiger partial charge in [0.25, 0.3) is 0 Å². The topological polar surface area (TPSA) is 26.0 Å². The number of fused-ring (bicyclic) bond motifs is 1. The zero-order valence-corrected chi connectivity index (χ0v) is 11.7. The SMILES string of the molecule is NC(Cc1ccc(Cl)s1)c1ccc2c(c1)CCC2. The van der Waals surface area contributed by atoms with Crippen LogP contribution in [-0.2, 0) is 19.3 Å². The first-order valence-electron chi connectivity index (χ1n) is 6.34. The number of benzene rings is 1. The minimum absolute atomic E-state index is 0.0746. The van der Waals surface area contributed by atoms with E-state index in [1.54, 1.807) is 11.3 Å². The van der Waals surface area contributed by atoms with Gasteiger partial charge in [-0.05, 0) is 48.1 Å². The number of thiophene rings is 1. The Morgan fingerprint density at radius 1 is 1.17 bits per heavy atom. The molecule has 1 aliphatic rings. The van der Waals surface area contributed by atoms with Crippen LogP contribution >= 0.6 is 22.9 Å². The van der Waals surface area contributed by atoms with Gasteiger partial charge in [-0.1, -0.05) is 29.8 Å². The standard InChI is InChI=1S/C15H16ClNS/c16-15-7-6-13(18-15)9-14(17)12-5-4-10-2-1-3-11(10)8-12/h4-8,14H,1-3,9,17H2. The summed E-state index contributed by atoms with van der Waals surface area (Å²) in [5.41, 5.74) is 10.5. The number of aryl methyl sites for hydroxylation is 2. The second-order valence-electron chi connectivity index (χ2n) is 4.90. The van der Waals surface area contributed by atoms with Gasteiger partial charge >= 0.3 is 0 Å². The van der Waals surface area contributed by atoms with Gasteiger partial charge < -0.3 is 5.73 Å². The quantitative estimate of drug-likeness (QED) is 0.897. The molecule has 1 unspecified atom stereocenters. The van der Waals surface area contributed by atoms with E-state index in [9.17, 15) is 0 Å². The summed E-state index contributed by atoms with van der Waals surface area (Å²) >= 11 is 7.57. The third-order valence-corrected chi connectivity index (χ3v) is 4.85. The van der Waals surface area contributed by atoms with Crippen LogP contribution in [0.3, 0.4) is 0 Å². The van der Waals surface area contributed by atoms with Crippen molar-refractivity contribution in [2.45, 2.75) is 31.7 Å². The molecule has 0 amide bonds. The second-order valence-corrected chi connectivity index (χ2v) is 6.70. The Morgan fingerprint density at radius 2 is 2.00 bits per heavy atom. The highest BCUT2D eigenvalue weighted by atomic mass is 35.5. The molecule has 0 saturated carbocycles. The third kappa shape index (κ3) is 2.46. The van der Waals surface area contributed by atoms with Gasteiger partial charge in [0.05, 0.1) is 4.34 Å². The van der Waals surface area contributed by atoms with E-state index in [-0.39, 0.29) is 6.04 Å². The van der Waals surface area contributed by atoms with Crippen LogP contribution in [0.4, 0.5) is 0 Å². The van der Waals surface area contributed by atoms with Crippen molar-refractivity contribution < 1.29 is 0 Å². The summed E-state index contributed by atoms with van der Waals surface area (Å²) in [6.45, 7) is 0. The number of halogens is 1. The maximum absolute atomic E-state index is 6.29. The highest BCUT2D eigenvalue weighted by molar-refractivity contribution is 7.16. The lowest BCUT2D eigenvalue weighted by molar-refractivity contribution is 0.729. The molecule has 94 valence electrons. The van der Waals surface area contributed by atoms with Gasteiger partial charge in [-0.3, -0.25) is 0 Å². The third-order valence-electron chi connectivity index (χ3n) is 3.60. The van der Waals surface area contributed by atoms with Crippen LogP contribution in [0.25, 0.3) is 0 Å². The lowest BCUT2D eigenvalue weighted by Gasteiger charge is -2.12. The van der Waals surface area contributed by atoms with Crippen molar-refractivity contribution >= 4 is 22.9 Å². The molecule has 1 atom stereocenters. The Kier molecular flexibility index (Phi) is 3.42. The van der Waals surface area contributed by atoms with Crippen LogP contribution in [-0.4, -0.2) is 0 Å². The smallest absolute Gasteiger partial charge is 0.0931 e. The van der Waals surface area contributed by atoms with E-state index >= 15 is 0 Å². The summed E-state index contributed by atoms with van der Waals surface area (Å²) in [4.78, 5) is 1.26.